The minimum absolute atomic E-state index is 0.0502. The maximum atomic E-state index is 13.0. The maximum absolute atomic E-state index is 13.0. The number of hydrogen-bond donors (Lipinski definition) is 0. The van der Waals surface area contributed by atoms with Gasteiger partial charge in [0, 0.05) is 11.3 Å². The van der Waals surface area contributed by atoms with E-state index in [0.717, 1.165) is 12.8 Å². The van der Waals surface area contributed by atoms with E-state index in [9.17, 15) is 4.79 Å². The molecule has 2 saturated carbocycles. The topological polar surface area (TPSA) is 17.1 Å². The summed E-state index contributed by atoms with van der Waals surface area (Å²) in [5.74, 6) is 1.45. The Morgan fingerprint density at radius 2 is 1.90 bits per heavy atom. The number of allylic oxidation sites excluding steroid dienone is 3. The second kappa shape index (κ2) is 3.72. The SMILES string of the molecule is CCC12C=CC3C(/C1=C\c1ccccc1)C3(CC)C2=O. The van der Waals surface area contributed by atoms with Crippen molar-refractivity contribution < 1.29 is 4.79 Å². The van der Waals surface area contributed by atoms with Gasteiger partial charge in [-0.2, -0.15) is 0 Å². The summed E-state index contributed by atoms with van der Waals surface area (Å²) >= 11 is 0. The highest BCUT2D eigenvalue weighted by atomic mass is 16.1. The van der Waals surface area contributed by atoms with Gasteiger partial charge in [0.25, 0.3) is 0 Å². The highest BCUT2D eigenvalue weighted by Gasteiger charge is 2.79. The van der Waals surface area contributed by atoms with Crippen LogP contribution in [0.25, 0.3) is 6.08 Å². The van der Waals surface area contributed by atoms with Crippen LogP contribution in [0.5, 0.6) is 0 Å². The fourth-order valence-electron chi connectivity index (χ4n) is 4.83. The molecule has 4 unspecified atom stereocenters. The molecule has 2 fully saturated rings. The molecule has 102 valence electrons. The largest absolute Gasteiger partial charge is 0.298 e. The van der Waals surface area contributed by atoms with E-state index in [4.69, 9.17) is 0 Å². The quantitative estimate of drug-likeness (QED) is 0.745. The van der Waals surface area contributed by atoms with Crippen LogP contribution in [0.1, 0.15) is 32.3 Å². The first-order valence-electron chi connectivity index (χ1n) is 7.72. The predicted octanol–water partition coefficient (Wildman–Crippen LogP) is 4.26. The van der Waals surface area contributed by atoms with Crippen molar-refractivity contribution in [3.8, 4) is 0 Å². The Kier molecular flexibility index (Phi) is 2.26. The number of carbonyl (C=O) groups is 1. The van der Waals surface area contributed by atoms with Crippen molar-refractivity contribution >= 4 is 11.9 Å². The van der Waals surface area contributed by atoms with Gasteiger partial charge >= 0.3 is 0 Å². The molecule has 1 aromatic carbocycles. The fraction of sp³-hybridized carbons (Fsp3) is 0.421. The van der Waals surface area contributed by atoms with Crippen molar-refractivity contribution in [1.29, 1.82) is 0 Å². The number of Topliss-reactive ketones (excluding diaryl/α,β-unsaturated/α-hetero) is 1. The van der Waals surface area contributed by atoms with Crippen LogP contribution in [0.4, 0.5) is 0 Å². The monoisotopic (exact) mass is 264 g/mol. The molecule has 0 aliphatic heterocycles. The van der Waals surface area contributed by atoms with Gasteiger partial charge in [-0.25, -0.2) is 0 Å². The molecule has 4 aliphatic rings. The minimum Gasteiger partial charge on any atom is -0.298 e. The lowest BCUT2D eigenvalue weighted by molar-refractivity contribution is -0.129. The van der Waals surface area contributed by atoms with E-state index in [1.165, 1.54) is 11.1 Å². The smallest absolute Gasteiger partial charge is 0.154 e. The van der Waals surface area contributed by atoms with E-state index < -0.39 is 0 Å². The van der Waals surface area contributed by atoms with E-state index in [0.29, 0.717) is 17.6 Å². The van der Waals surface area contributed by atoms with Crippen LogP contribution in [0, 0.1) is 22.7 Å². The van der Waals surface area contributed by atoms with Crippen molar-refractivity contribution in [1.82, 2.24) is 0 Å². The summed E-state index contributed by atoms with van der Waals surface area (Å²) in [5.41, 5.74) is 2.25. The lowest BCUT2D eigenvalue weighted by Crippen LogP contribution is -2.36. The van der Waals surface area contributed by atoms with E-state index in [2.05, 4.69) is 56.3 Å². The lowest BCUT2D eigenvalue weighted by Gasteiger charge is -2.33. The Morgan fingerprint density at radius 1 is 1.15 bits per heavy atom. The second-order valence-electron chi connectivity index (χ2n) is 6.42. The fourth-order valence-corrected chi connectivity index (χ4v) is 4.83. The number of rotatable bonds is 3. The normalized spacial score (nSPS) is 42.3. The van der Waals surface area contributed by atoms with E-state index in [1.54, 1.807) is 0 Å². The predicted molar refractivity (Wildman–Crippen MR) is 81.0 cm³/mol. The average molecular weight is 264 g/mol. The van der Waals surface area contributed by atoms with Crippen LogP contribution in [-0.2, 0) is 4.79 Å². The van der Waals surface area contributed by atoms with Gasteiger partial charge in [0.15, 0.2) is 5.78 Å². The zero-order valence-corrected chi connectivity index (χ0v) is 12.1. The van der Waals surface area contributed by atoms with Gasteiger partial charge < -0.3 is 0 Å². The van der Waals surface area contributed by atoms with Crippen LogP contribution >= 0.6 is 0 Å². The first-order valence-corrected chi connectivity index (χ1v) is 7.72. The molecular weight excluding hydrogens is 244 g/mol. The summed E-state index contributed by atoms with van der Waals surface area (Å²) in [6.07, 6.45) is 8.69. The molecule has 1 heteroatoms. The molecule has 0 aromatic heterocycles. The van der Waals surface area contributed by atoms with Crippen molar-refractivity contribution in [2.75, 3.05) is 0 Å². The van der Waals surface area contributed by atoms with Crippen LogP contribution in [0.3, 0.4) is 0 Å². The second-order valence-corrected chi connectivity index (χ2v) is 6.42. The molecule has 4 aliphatic carbocycles. The average Bonchev–Trinajstić information content (AvgIpc) is 3.14. The van der Waals surface area contributed by atoms with Gasteiger partial charge in [-0.05, 0) is 29.9 Å². The van der Waals surface area contributed by atoms with Crippen molar-refractivity contribution in [2.24, 2.45) is 22.7 Å². The number of hydrogen-bond acceptors (Lipinski definition) is 1. The number of benzene rings is 1. The molecule has 0 radical (unpaired) electrons. The molecule has 5 rings (SSSR count). The third-order valence-corrected chi connectivity index (χ3v) is 5.93. The number of ketones is 1. The standard InChI is InChI=1S/C19H20O/c1-3-18-11-10-14-16(19(14,4-2)17(18)20)15(18)12-13-8-6-5-7-9-13/h5-12,14,16H,3-4H2,1-2H3/b15-12+. The molecule has 0 spiro atoms. The maximum Gasteiger partial charge on any atom is 0.154 e. The molecule has 1 nitrogen and oxygen atoms in total. The van der Waals surface area contributed by atoms with Gasteiger partial charge in [0.2, 0.25) is 0 Å². The summed E-state index contributed by atoms with van der Waals surface area (Å²) in [7, 11) is 0. The minimum atomic E-state index is -0.300. The summed E-state index contributed by atoms with van der Waals surface area (Å²) in [5, 5.41) is 0. The van der Waals surface area contributed by atoms with Gasteiger partial charge in [-0.15, -0.1) is 0 Å². The summed E-state index contributed by atoms with van der Waals surface area (Å²) in [6.45, 7) is 4.32. The third-order valence-electron chi connectivity index (χ3n) is 5.93. The van der Waals surface area contributed by atoms with Gasteiger partial charge in [0.1, 0.15) is 0 Å². The van der Waals surface area contributed by atoms with Crippen molar-refractivity contribution in [3.05, 3.63) is 53.6 Å². The third kappa shape index (κ3) is 1.14. The molecule has 0 saturated heterocycles. The van der Waals surface area contributed by atoms with Crippen LogP contribution in [0.2, 0.25) is 0 Å². The molecule has 0 N–H and O–H groups in total. The van der Waals surface area contributed by atoms with Crippen molar-refractivity contribution in [2.45, 2.75) is 26.7 Å². The van der Waals surface area contributed by atoms with E-state index in [1.807, 2.05) is 6.07 Å². The Labute approximate surface area is 120 Å². The summed E-state index contributed by atoms with van der Waals surface area (Å²) in [6, 6.07) is 10.4. The molecule has 4 bridgehead atoms. The molecular formula is C19H20O. The summed E-state index contributed by atoms with van der Waals surface area (Å²) in [4.78, 5) is 13.0. The summed E-state index contributed by atoms with van der Waals surface area (Å²) < 4.78 is 0. The van der Waals surface area contributed by atoms with E-state index >= 15 is 0 Å². The molecule has 4 atom stereocenters. The van der Waals surface area contributed by atoms with Crippen LogP contribution in [-0.4, -0.2) is 5.78 Å². The zero-order chi connectivity index (χ0) is 14.0. The van der Waals surface area contributed by atoms with Crippen molar-refractivity contribution in [3.63, 3.8) is 0 Å². The first kappa shape index (κ1) is 12.1. The van der Waals surface area contributed by atoms with E-state index in [-0.39, 0.29) is 10.8 Å². The van der Waals surface area contributed by atoms with Crippen LogP contribution in [0.15, 0.2) is 48.1 Å². The van der Waals surface area contributed by atoms with Gasteiger partial charge in [0.05, 0.1) is 5.41 Å². The first-order chi connectivity index (χ1) is 9.70. The van der Waals surface area contributed by atoms with Gasteiger partial charge in [-0.1, -0.05) is 62.4 Å². The lowest BCUT2D eigenvalue weighted by atomic mass is 9.68. The number of carbonyl (C=O) groups excluding carboxylic acids is 1. The zero-order valence-electron chi connectivity index (χ0n) is 12.1. The Morgan fingerprint density at radius 3 is 2.55 bits per heavy atom. The highest BCUT2D eigenvalue weighted by Crippen LogP contribution is 2.79. The molecule has 0 amide bonds. The highest BCUT2D eigenvalue weighted by molar-refractivity contribution is 6.06. The Hall–Kier alpha value is -1.63. The van der Waals surface area contributed by atoms with Crippen LogP contribution < -0.4 is 0 Å². The Bertz CT molecular complexity index is 639. The molecule has 0 heterocycles. The Balaban J connectivity index is 1.89. The molecule has 20 heavy (non-hydrogen) atoms. The van der Waals surface area contributed by atoms with Gasteiger partial charge in [-0.3, -0.25) is 4.79 Å². The molecule has 1 aromatic rings.